The smallest absolute Gasteiger partial charge is 0.332 e. The highest BCUT2D eigenvalue weighted by Crippen LogP contribution is 2.25. The molecule has 0 aromatic heterocycles. The summed E-state index contributed by atoms with van der Waals surface area (Å²) in [6.07, 6.45) is 0. The minimum absolute atomic E-state index is 0.345. The zero-order valence-electron chi connectivity index (χ0n) is 15.5. The Morgan fingerprint density at radius 2 is 1.21 bits per heavy atom. The maximum atomic E-state index is 12.6. The standard InChI is InChI=1S/C23H22N4O/c28-22(24-18-19-10-4-1-5-11-19)25-23-26(20-12-6-2-7-13-20)16-17-27(23)21-14-8-3-9-15-21/h1-15H,16-18H2,(H,24,28). The molecule has 1 aliphatic rings. The summed E-state index contributed by atoms with van der Waals surface area (Å²) in [5.74, 6) is 0.642. The van der Waals surface area contributed by atoms with E-state index in [1.807, 2.05) is 91.0 Å². The van der Waals surface area contributed by atoms with E-state index in [4.69, 9.17) is 0 Å². The predicted molar refractivity (Wildman–Crippen MR) is 114 cm³/mol. The molecule has 0 atom stereocenters. The van der Waals surface area contributed by atoms with Gasteiger partial charge in [0.15, 0.2) is 0 Å². The van der Waals surface area contributed by atoms with E-state index in [9.17, 15) is 4.79 Å². The van der Waals surface area contributed by atoms with E-state index in [1.54, 1.807) is 0 Å². The molecule has 0 bridgehead atoms. The Morgan fingerprint density at radius 3 is 1.71 bits per heavy atom. The van der Waals surface area contributed by atoms with Crippen molar-refractivity contribution in [1.82, 2.24) is 5.32 Å². The van der Waals surface area contributed by atoms with Crippen LogP contribution in [0.25, 0.3) is 0 Å². The van der Waals surface area contributed by atoms with Crippen LogP contribution >= 0.6 is 0 Å². The number of carbonyl (C=O) groups excluding carboxylic acids is 1. The number of nitrogens with zero attached hydrogens (tertiary/aromatic N) is 3. The van der Waals surface area contributed by atoms with Gasteiger partial charge in [-0.1, -0.05) is 66.7 Å². The van der Waals surface area contributed by atoms with Crippen LogP contribution in [0, 0.1) is 0 Å². The van der Waals surface area contributed by atoms with Crippen LogP contribution in [0.3, 0.4) is 0 Å². The maximum absolute atomic E-state index is 12.6. The molecule has 2 amide bonds. The SMILES string of the molecule is O=C(N=C1N(c2ccccc2)CCN1c1ccccc1)NCc1ccccc1. The summed E-state index contributed by atoms with van der Waals surface area (Å²) in [6.45, 7) is 1.99. The Kier molecular flexibility index (Phi) is 5.33. The van der Waals surface area contributed by atoms with E-state index < -0.39 is 0 Å². The number of hydrogen-bond acceptors (Lipinski definition) is 1. The quantitative estimate of drug-likeness (QED) is 0.746. The van der Waals surface area contributed by atoms with Crippen LogP contribution in [-0.2, 0) is 6.54 Å². The summed E-state index contributed by atoms with van der Waals surface area (Å²) in [7, 11) is 0. The third-order valence-corrected chi connectivity index (χ3v) is 4.65. The highest BCUT2D eigenvalue weighted by molar-refractivity contribution is 6.13. The maximum Gasteiger partial charge on any atom is 0.344 e. The fourth-order valence-electron chi connectivity index (χ4n) is 3.28. The molecule has 1 fully saturated rings. The molecule has 0 radical (unpaired) electrons. The van der Waals surface area contributed by atoms with E-state index in [-0.39, 0.29) is 6.03 Å². The topological polar surface area (TPSA) is 47.9 Å². The molecule has 3 aromatic rings. The Bertz CT molecular complexity index is 893. The fraction of sp³-hybridized carbons (Fsp3) is 0.130. The molecule has 1 aliphatic heterocycles. The predicted octanol–water partition coefficient (Wildman–Crippen LogP) is 4.28. The number of anilines is 2. The van der Waals surface area contributed by atoms with Crippen molar-refractivity contribution in [2.45, 2.75) is 6.54 Å². The molecule has 3 aromatic carbocycles. The molecule has 28 heavy (non-hydrogen) atoms. The van der Waals surface area contributed by atoms with Gasteiger partial charge in [0.1, 0.15) is 0 Å². The van der Waals surface area contributed by atoms with Gasteiger partial charge in [0.2, 0.25) is 5.96 Å². The number of benzene rings is 3. The number of carbonyl (C=O) groups is 1. The van der Waals surface area contributed by atoms with Crippen LogP contribution < -0.4 is 15.1 Å². The van der Waals surface area contributed by atoms with Crippen molar-refractivity contribution in [1.29, 1.82) is 0 Å². The second-order valence-electron chi connectivity index (χ2n) is 6.53. The van der Waals surface area contributed by atoms with Gasteiger partial charge < -0.3 is 15.1 Å². The van der Waals surface area contributed by atoms with Gasteiger partial charge in [-0.25, -0.2) is 4.79 Å². The molecule has 140 valence electrons. The number of hydrogen-bond donors (Lipinski definition) is 1. The molecule has 5 heteroatoms. The number of nitrogens with one attached hydrogen (secondary N) is 1. The van der Waals surface area contributed by atoms with Gasteiger partial charge in [-0.3, -0.25) is 0 Å². The van der Waals surface area contributed by atoms with E-state index in [1.165, 1.54) is 0 Å². The van der Waals surface area contributed by atoms with Gasteiger partial charge in [0, 0.05) is 31.0 Å². The number of para-hydroxylation sites is 2. The van der Waals surface area contributed by atoms with E-state index in [0.717, 1.165) is 30.0 Å². The van der Waals surface area contributed by atoms with Crippen LogP contribution in [0.15, 0.2) is 96.0 Å². The zero-order chi connectivity index (χ0) is 19.2. The van der Waals surface area contributed by atoms with E-state index in [0.29, 0.717) is 12.5 Å². The third kappa shape index (κ3) is 4.04. The van der Waals surface area contributed by atoms with E-state index >= 15 is 0 Å². The van der Waals surface area contributed by atoms with Crippen molar-refractivity contribution in [2.75, 3.05) is 22.9 Å². The summed E-state index contributed by atoms with van der Waals surface area (Å²) in [6, 6.07) is 29.6. The first-order valence-electron chi connectivity index (χ1n) is 9.37. The molecule has 1 heterocycles. The summed E-state index contributed by atoms with van der Waals surface area (Å²) in [5, 5.41) is 2.89. The second-order valence-corrected chi connectivity index (χ2v) is 6.53. The van der Waals surface area contributed by atoms with Crippen LogP contribution in [0.1, 0.15) is 5.56 Å². The van der Waals surface area contributed by atoms with Gasteiger partial charge in [0.05, 0.1) is 0 Å². The van der Waals surface area contributed by atoms with Crippen molar-refractivity contribution in [3.05, 3.63) is 96.6 Å². The Labute approximate surface area is 164 Å². The first-order chi connectivity index (χ1) is 13.8. The zero-order valence-corrected chi connectivity index (χ0v) is 15.5. The van der Waals surface area contributed by atoms with E-state index in [2.05, 4.69) is 20.1 Å². The van der Waals surface area contributed by atoms with Crippen LogP contribution in [0.5, 0.6) is 0 Å². The molecular weight excluding hydrogens is 348 g/mol. The van der Waals surface area contributed by atoms with Crippen molar-refractivity contribution < 1.29 is 4.79 Å². The average Bonchev–Trinajstić information content (AvgIpc) is 3.17. The lowest BCUT2D eigenvalue weighted by Crippen LogP contribution is -2.36. The van der Waals surface area contributed by atoms with Crippen molar-refractivity contribution in [2.24, 2.45) is 4.99 Å². The van der Waals surface area contributed by atoms with Crippen molar-refractivity contribution >= 4 is 23.4 Å². The fourth-order valence-corrected chi connectivity index (χ4v) is 3.28. The summed E-state index contributed by atoms with van der Waals surface area (Å²) < 4.78 is 0. The number of aliphatic imine (C=N–C) groups is 1. The average molecular weight is 370 g/mol. The van der Waals surface area contributed by atoms with Gasteiger partial charge in [0.25, 0.3) is 0 Å². The van der Waals surface area contributed by atoms with Crippen LogP contribution in [-0.4, -0.2) is 25.1 Å². The number of urea groups is 1. The third-order valence-electron chi connectivity index (χ3n) is 4.65. The summed E-state index contributed by atoms with van der Waals surface area (Å²) in [4.78, 5) is 21.2. The van der Waals surface area contributed by atoms with Crippen molar-refractivity contribution in [3.8, 4) is 0 Å². The monoisotopic (exact) mass is 370 g/mol. The molecular formula is C23H22N4O. The number of guanidine groups is 1. The van der Waals surface area contributed by atoms with Gasteiger partial charge in [-0.05, 0) is 29.8 Å². The Balaban J connectivity index is 1.59. The van der Waals surface area contributed by atoms with Gasteiger partial charge in [-0.15, -0.1) is 0 Å². The van der Waals surface area contributed by atoms with Gasteiger partial charge >= 0.3 is 6.03 Å². The molecule has 1 saturated heterocycles. The Morgan fingerprint density at radius 1 is 0.750 bits per heavy atom. The first-order valence-corrected chi connectivity index (χ1v) is 9.37. The molecule has 4 rings (SSSR count). The highest BCUT2D eigenvalue weighted by Gasteiger charge is 2.29. The lowest BCUT2D eigenvalue weighted by Gasteiger charge is -2.23. The van der Waals surface area contributed by atoms with Crippen LogP contribution in [0.2, 0.25) is 0 Å². The number of amides is 2. The first kappa shape index (κ1) is 17.8. The Hall–Kier alpha value is -3.60. The molecule has 0 aliphatic carbocycles. The van der Waals surface area contributed by atoms with Crippen LogP contribution in [0.4, 0.5) is 16.2 Å². The molecule has 0 saturated carbocycles. The van der Waals surface area contributed by atoms with Crippen molar-refractivity contribution in [3.63, 3.8) is 0 Å². The molecule has 5 nitrogen and oxygen atoms in total. The molecule has 0 spiro atoms. The lowest BCUT2D eigenvalue weighted by molar-refractivity contribution is 0.249. The molecule has 0 unspecified atom stereocenters. The summed E-state index contributed by atoms with van der Waals surface area (Å²) >= 11 is 0. The minimum atomic E-state index is -0.345. The van der Waals surface area contributed by atoms with Gasteiger partial charge in [-0.2, -0.15) is 4.99 Å². The normalized spacial score (nSPS) is 13.5. The second kappa shape index (κ2) is 8.39. The molecule has 1 N–H and O–H groups in total. The minimum Gasteiger partial charge on any atom is -0.332 e. The largest absolute Gasteiger partial charge is 0.344 e. The highest BCUT2D eigenvalue weighted by atomic mass is 16.2. The lowest BCUT2D eigenvalue weighted by atomic mass is 10.2. The number of rotatable bonds is 4. The summed E-state index contributed by atoms with van der Waals surface area (Å²) in [5.41, 5.74) is 3.09.